The summed E-state index contributed by atoms with van der Waals surface area (Å²) in [5.41, 5.74) is 7.78. The minimum atomic E-state index is -3.44. The van der Waals surface area contributed by atoms with Crippen molar-refractivity contribution < 1.29 is 14.1 Å². The van der Waals surface area contributed by atoms with Crippen molar-refractivity contribution >= 4 is 30.6 Å². The molecular weight excluding hydrogens is 253 g/mol. The molecule has 0 fully saturated rings. The first-order valence-corrected chi connectivity index (χ1v) is 7.52. The Balaban J connectivity index is 0. The largest absolute Gasteiger partial charge is 0.344 e. The van der Waals surface area contributed by atoms with Gasteiger partial charge in [0, 0.05) is 26.2 Å². The predicted octanol–water partition coefficient (Wildman–Crippen LogP) is -0.485. The Labute approximate surface area is 120 Å². The molecule has 0 aromatic rings. The van der Waals surface area contributed by atoms with Crippen molar-refractivity contribution in [2.75, 3.05) is 32.3 Å². The third-order valence-electron chi connectivity index (χ3n) is 1.98. The monoisotopic (exact) mass is 279 g/mol. The zero-order chi connectivity index (χ0) is 12.3. The van der Waals surface area contributed by atoms with Crippen LogP contribution in [0.4, 0.5) is 0 Å². The van der Waals surface area contributed by atoms with Crippen LogP contribution in [0.25, 0.3) is 0 Å². The molecule has 0 saturated carbocycles. The zero-order valence-corrected chi connectivity index (χ0v) is 10.8. The number of nitrogens with one attached hydrogen (secondary N) is 2. The zero-order valence-electron chi connectivity index (χ0n) is 9.95. The van der Waals surface area contributed by atoms with E-state index in [1.165, 1.54) is 0 Å². The Kier molecular flexibility index (Phi) is 15.7. The Hall–Kier alpha value is 0.796. The Morgan fingerprint density at radius 3 is 2.59 bits per heavy atom. The van der Waals surface area contributed by atoms with Gasteiger partial charge in [0.1, 0.15) is 0 Å². The maximum atomic E-state index is 11.4. The van der Waals surface area contributed by atoms with Crippen LogP contribution in [0.15, 0.2) is 0 Å². The second-order valence-electron chi connectivity index (χ2n) is 3.59. The van der Waals surface area contributed by atoms with Gasteiger partial charge in [0.25, 0.3) is 0 Å². The molecule has 0 aromatic carbocycles. The summed E-state index contributed by atoms with van der Waals surface area (Å²) in [6.45, 7) is 4.50. The van der Waals surface area contributed by atoms with E-state index in [1.54, 1.807) is 0 Å². The molecule has 0 bridgehead atoms. The Morgan fingerprint density at radius 2 is 2.00 bits per heavy atom. The summed E-state index contributed by atoms with van der Waals surface area (Å²) in [4.78, 5) is 9.37. The lowest BCUT2D eigenvalue weighted by atomic mass is 10.3. The van der Waals surface area contributed by atoms with E-state index in [2.05, 4.69) is 10.8 Å². The Bertz CT molecular complexity index is 210. The molecule has 8 heteroatoms. The number of hydrogen-bond donors (Lipinski definition) is 4. The van der Waals surface area contributed by atoms with E-state index in [-0.39, 0.29) is 29.2 Å². The summed E-state index contributed by atoms with van der Waals surface area (Å²) in [6.07, 6.45) is 2.91. The van der Waals surface area contributed by atoms with E-state index in [0.29, 0.717) is 19.6 Å². The lowest BCUT2D eigenvalue weighted by molar-refractivity contribution is 0.166. The van der Waals surface area contributed by atoms with Crippen LogP contribution >= 0.6 is 7.60 Å². The van der Waals surface area contributed by atoms with Crippen LogP contribution in [0.3, 0.4) is 0 Å². The van der Waals surface area contributed by atoms with Crippen LogP contribution in [0, 0.1) is 0 Å². The SMILES string of the molecule is CCCCCP(=O)(O)ONCCNCCN.[MgH2]. The van der Waals surface area contributed by atoms with Crippen molar-refractivity contribution in [3.63, 3.8) is 0 Å². The van der Waals surface area contributed by atoms with E-state index in [9.17, 15) is 9.46 Å². The molecule has 17 heavy (non-hydrogen) atoms. The van der Waals surface area contributed by atoms with Crippen LogP contribution in [0.1, 0.15) is 26.2 Å². The summed E-state index contributed by atoms with van der Waals surface area (Å²) < 4.78 is 16.2. The Morgan fingerprint density at radius 1 is 1.29 bits per heavy atom. The summed E-state index contributed by atoms with van der Waals surface area (Å²) in [7, 11) is -3.44. The molecular formula is C9H26MgN3O3P. The van der Waals surface area contributed by atoms with Crippen molar-refractivity contribution in [3.8, 4) is 0 Å². The number of rotatable bonds is 11. The van der Waals surface area contributed by atoms with Gasteiger partial charge in [-0.3, -0.25) is 4.57 Å². The van der Waals surface area contributed by atoms with Gasteiger partial charge in [-0.05, 0) is 6.42 Å². The van der Waals surface area contributed by atoms with Gasteiger partial charge in [0.15, 0.2) is 0 Å². The molecule has 0 radical (unpaired) electrons. The third-order valence-corrected chi connectivity index (χ3v) is 3.27. The molecule has 0 amide bonds. The minimum absolute atomic E-state index is 0. The van der Waals surface area contributed by atoms with Crippen molar-refractivity contribution in [2.45, 2.75) is 26.2 Å². The second kappa shape index (κ2) is 13.2. The van der Waals surface area contributed by atoms with Gasteiger partial charge in [0.2, 0.25) is 0 Å². The van der Waals surface area contributed by atoms with Crippen molar-refractivity contribution in [2.24, 2.45) is 5.73 Å². The van der Waals surface area contributed by atoms with Gasteiger partial charge in [-0.25, -0.2) is 4.62 Å². The highest BCUT2D eigenvalue weighted by Crippen LogP contribution is 2.41. The second-order valence-corrected chi connectivity index (χ2v) is 5.50. The molecule has 0 aromatic heterocycles. The maximum absolute atomic E-state index is 11.4. The number of hydrogen-bond acceptors (Lipinski definition) is 5. The van der Waals surface area contributed by atoms with Gasteiger partial charge in [0.05, 0.1) is 6.16 Å². The molecule has 102 valence electrons. The van der Waals surface area contributed by atoms with E-state index < -0.39 is 7.60 Å². The maximum Gasteiger partial charge on any atom is 0.344 e. The van der Waals surface area contributed by atoms with Gasteiger partial charge in [-0.15, -0.1) is 0 Å². The highest BCUT2D eigenvalue weighted by Gasteiger charge is 2.18. The molecule has 0 saturated heterocycles. The van der Waals surface area contributed by atoms with Crippen LogP contribution < -0.4 is 16.5 Å². The minimum Gasteiger partial charge on any atom is -0.329 e. The fourth-order valence-electron chi connectivity index (χ4n) is 1.12. The summed E-state index contributed by atoms with van der Waals surface area (Å²) in [5, 5.41) is 3.03. The molecule has 6 nitrogen and oxygen atoms in total. The van der Waals surface area contributed by atoms with E-state index in [0.717, 1.165) is 25.8 Å². The molecule has 0 aliphatic carbocycles. The topological polar surface area (TPSA) is 96.6 Å². The summed E-state index contributed by atoms with van der Waals surface area (Å²) in [5.74, 6) is 0. The van der Waals surface area contributed by atoms with E-state index >= 15 is 0 Å². The number of nitrogens with two attached hydrogens (primary N) is 1. The average Bonchev–Trinajstić information content (AvgIpc) is 2.23. The fourth-order valence-corrected chi connectivity index (χ4v) is 2.13. The van der Waals surface area contributed by atoms with Gasteiger partial charge in [-0.2, -0.15) is 5.48 Å². The molecule has 1 atom stereocenters. The highest BCUT2D eigenvalue weighted by molar-refractivity contribution is 7.52. The number of unbranched alkanes of at least 4 members (excludes halogenated alkanes) is 2. The first-order chi connectivity index (χ1) is 7.62. The van der Waals surface area contributed by atoms with Crippen LogP contribution in [-0.2, 0) is 9.19 Å². The molecule has 0 aliphatic rings. The van der Waals surface area contributed by atoms with E-state index in [1.807, 2.05) is 6.92 Å². The smallest absolute Gasteiger partial charge is 0.329 e. The van der Waals surface area contributed by atoms with Crippen LogP contribution in [-0.4, -0.2) is 60.3 Å². The number of hydroxylamine groups is 1. The van der Waals surface area contributed by atoms with E-state index in [4.69, 9.17) is 10.4 Å². The highest BCUT2D eigenvalue weighted by atomic mass is 31.2. The van der Waals surface area contributed by atoms with Gasteiger partial charge >= 0.3 is 30.6 Å². The fraction of sp³-hybridized carbons (Fsp3) is 1.00. The van der Waals surface area contributed by atoms with Crippen molar-refractivity contribution in [1.82, 2.24) is 10.8 Å². The molecule has 1 unspecified atom stereocenters. The third kappa shape index (κ3) is 14.7. The first kappa shape index (κ1) is 20.1. The lowest BCUT2D eigenvalue weighted by Crippen LogP contribution is -2.30. The van der Waals surface area contributed by atoms with Crippen molar-refractivity contribution in [1.29, 1.82) is 0 Å². The predicted molar refractivity (Wildman–Crippen MR) is 73.8 cm³/mol. The summed E-state index contributed by atoms with van der Waals surface area (Å²) >= 11 is 0. The molecule has 0 aliphatic heterocycles. The van der Waals surface area contributed by atoms with Crippen molar-refractivity contribution in [3.05, 3.63) is 0 Å². The average molecular weight is 280 g/mol. The molecule has 5 N–H and O–H groups in total. The lowest BCUT2D eigenvalue weighted by Gasteiger charge is -2.12. The van der Waals surface area contributed by atoms with Gasteiger partial charge in [-0.1, -0.05) is 19.8 Å². The molecule has 0 spiro atoms. The molecule has 0 heterocycles. The summed E-state index contributed by atoms with van der Waals surface area (Å²) in [6, 6.07) is 0. The molecule has 0 rings (SSSR count). The van der Waals surface area contributed by atoms with Gasteiger partial charge < -0.3 is 15.9 Å². The van der Waals surface area contributed by atoms with Crippen LogP contribution in [0.5, 0.6) is 0 Å². The quantitative estimate of drug-likeness (QED) is 0.176. The normalized spacial score (nSPS) is 14.1. The first-order valence-electron chi connectivity index (χ1n) is 5.76. The standard InChI is InChI=1S/C9H24N3O3P.Mg.2H/c1-2-3-4-9-16(13,14)15-12-8-7-11-6-5-10;;;/h11-12H,2-10H2,1H3,(H,13,14);;;. The van der Waals surface area contributed by atoms with Crippen LogP contribution in [0.2, 0.25) is 0 Å².